The molecule has 1 aliphatic carbocycles. The lowest BCUT2D eigenvalue weighted by molar-refractivity contribution is -0.118. The maximum atomic E-state index is 13.6. The number of hydrogen-bond donors (Lipinski definition) is 1. The van der Waals surface area contributed by atoms with Gasteiger partial charge in [0, 0.05) is 29.6 Å². The van der Waals surface area contributed by atoms with Crippen molar-refractivity contribution in [3.63, 3.8) is 0 Å². The van der Waals surface area contributed by atoms with Crippen LogP contribution in [0.1, 0.15) is 64.6 Å². The van der Waals surface area contributed by atoms with Gasteiger partial charge in [0.15, 0.2) is 5.78 Å². The van der Waals surface area contributed by atoms with Crippen LogP contribution in [0.2, 0.25) is 5.02 Å². The molecular weight excluding hydrogens is 496 g/mol. The van der Waals surface area contributed by atoms with Crippen molar-refractivity contribution in [2.24, 2.45) is 5.41 Å². The van der Waals surface area contributed by atoms with Gasteiger partial charge in [-0.25, -0.2) is 0 Å². The molecule has 0 saturated heterocycles. The highest BCUT2D eigenvalue weighted by molar-refractivity contribution is 6.31. The largest absolute Gasteiger partial charge is 0.489 e. The lowest BCUT2D eigenvalue weighted by Crippen LogP contribution is -2.38. The zero-order valence-corrected chi connectivity index (χ0v) is 23.4. The van der Waals surface area contributed by atoms with Crippen LogP contribution < -0.4 is 15.0 Å². The maximum absolute atomic E-state index is 13.6. The number of fused-ring (bicyclic) bond motifs is 1. The molecule has 0 aromatic heterocycles. The second-order valence-electron chi connectivity index (χ2n) is 10.2. The number of Topliss-reactive ketones (excluding diaryl/α,β-unsaturated/α-hetero) is 1. The van der Waals surface area contributed by atoms with E-state index < -0.39 is 6.04 Å². The minimum Gasteiger partial charge on any atom is -0.489 e. The molecule has 0 fully saturated rings. The Bertz CT molecular complexity index is 1360. The van der Waals surface area contributed by atoms with Crippen molar-refractivity contribution in [1.82, 2.24) is 0 Å². The molecule has 1 N–H and O–H groups in total. The maximum Gasteiger partial charge on any atom is 0.224 e. The van der Waals surface area contributed by atoms with E-state index in [1.54, 1.807) is 11.0 Å². The third kappa shape index (κ3) is 5.63. The summed E-state index contributed by atoms with van der Waals surface area (Å²) in [4.78, 5) is 28.5. The van der Waals surface area contributed by atoms with E-state index in [1.807, 2.05) is 80.6 Å². The van der Waals surface area contributed by atoms with Crippen LogP contribution in [-0.2, 0) is 16.2 Å². The molecule has 2 aliphatic rings. The zero-order valence-electron chi connectivity index (χ0n) is 22.7. The number of anilines is 2. The van der Waals surface area contributed by atoms with Crippen molar-refractivity contribution in [2.45, 2.75) is 60.1 Å². The molecule has 0 spiro atoms. The molecule has 1 aliphatic heterocycles. The van der Waals surface area contributed by atoms with E-state index in [9.17, 15) is 9.59 Å². The number of carbonyl (C=O) groups excluding carboxylic acids is 2. The molecule has 1 heterocycles. The minimum absolute atomic E-state index is 0.0262. The number of rotatable bonds is 4. The number of ether oxygens (including phenoxy) is 1. The van der Waals surface area contributed by atoms with Crippen LogP contribution in [0.5, 0.6) is 5.75 Å². The van der Waals surface area contributed by atoms with Crippen LogP contribution in [0.25, 0.3) is 0 Å². The molecular formula is C32H35ClN2O3. The Morgan fingerprint density at radius 1 is 1.03 bits per heavy atom. The van der Waals surface area contributed by atoms with Crippen molar-refractivity contribution >= 4 is 34.7 Å². The normalized spacial score (nSPS) is 17.8. The van der Waals surface area contributed by atoms with Crippen molar-refractivity contribution in [3.05, 3.63) is 100 Å². The molecule has 38 heavy (non-hydrogen) atoms. The topological polar surface area (TPSA) is 58.6 Å². The number of nitrogens with zero attached hydrogens (tertiary/aromatic N) is 1. The highest BCUT2D eigenvalue weighted by atomic mass is 35.5. The average Bonchev–Trinajstić information content (AvgIpc) is 3.03. The van der Waals surface area contributed by atoms with Crippen LogP contribution in [-0.4, -0.2) is 11.7 Å². The third-order valence-corrected chi connectivity index (χ3v) is 7.08. The number of nitrogens with one attached hydrogen (secondary N) is 1. The molecule has 0 bridgehead atoms. The van der Waals surface area contributed by atoms with Crippen LogP contribution in [0.4, 0.5) is 11.4 Å². The van der Waals surface area contributed by atoms with Gasteiger partial charge in [0.1, 0.15) is 12.4 Å². The Labute approximate surface area is 230 Å². The fraction of sp³-hybridized carbons (Fsp3) is 0.312. The molecule has 5 rings (SSSR count). The predicted octanol–water partition coefficient (Wildman–Crippen LogP) is 8.11. The highest BCUT2D eigenvalue weighted by Gasteiger charge is 2.43. The van der Waals surface area contributed by atoms with Gasteiger partial charge < -0.3 is 10.1 Å². The summed E-state index contributed by atoms with van der Waals surface area (Å²) in [6.45, 7) is 10.1. The molecule has 1 unspecified atom stereocenters. The molecule has 0 radical (unpaired) electrons. The summed E-state index contributed by atoms with van der Waals surface area (Å²) in [6, 6.07) is 22.4. The Hall–Kier alpha value is -3.57. The number of amides is 1. The molecule has 5 nitrogen and oxygen atoms in total. The van der Waals surface area contributed by atoms with Gasteiger partial charge in [0.25, 0.3) is 0 Å². The molecule has 1 atom stereocenters. The number of carbonyl (C=O) groups is 2. The van der Waals surface area contributed by atoms with Crippen molar-refractivity contribution in [2.75, 3.05) is 10.2 Å². The van der Waals surface area contributed by atoms with Gasteiger partial charge in [-0.2, -0.15) is 0 Å². The van der Waals surface area contributed by atoms with Gasteiger partial charge in [0.05, 0.1) is 17.4 Å². The fourth-order valence-electron chi connectivity index (χ4n) is 5.19. The summed E-state index contributed by atoms with van der Waals surface area (Å²) >= 11 is 6.86. The van der Waals surface area contributed by atoms with E-state index in [-0.39, 0.29) is 17.1 Å². The highest BCUT2D eigenvalue weighted by Crippen LogP contribution is 2.49. The minimum atomic E-state index is -0.645. The Kier molecular flexibility index (Phi) is 8.27. The molecule has 6 heteroatoms. The summed E-state index contributed by atoms with van der Waals surface area (Å²) in [5, 5.41) is 3.94. The van der Waals surface area contributed by atoms with Crippen molar-refractivity contribution in [3.8, 4) is 5.75 Å². The lowest BCUT2D eigenvalue weighted by atomic mass is 9.73. The van der Waals surface area contributed by atoms with Crippen LogP contribution in [0.15, 0.2) is 84.1 Å². The summed E-state index contributed by atoms with van der Waals surface area (Å²) < 4.78 is 5.97. The number of benzene rings is 3. The Morgan fingerprint density at radius 2 is 1.71 bits per heavy atom. The Balaban J connectivity index is 0.00000164. The van der Waals surface area contributed by atoms with Crippen molar-refractivity contribution < 1.29 is 14.3 Å². The standard InChI is InChI=1S/C30H29ClN2O3.C2H6/c1-19(34)33-26-12-8-7-11-24(26)32-25-16-30(2,3)17-27(35)28(25)29(33)22-14-13-21(15-23(22)31)36-18-20-9-5-4-6-10-20;1-2/h4-15,29,32H,16-18H2,1-3H3;1-2H3. The number of hydrogen-bond acceptors (Lipinski definition) is 4. The van der Waals surface area contributed by atoms with Crippen LogP contribution in [0.3, 0.4) is 0 Å². The summed E-state index contributed by atoms with van der Waals surface area (Å²) in [5.74, 6) is 0.485. The predicted molar refractivity (Wildman–Crippen MR) is 155 cm³/mol. The summed E-state index contributed by atoms with van der Waals surface area (Å²) in [5.41, 5.74) is 4.52. The number of allylic oxidation sites excluding steroid dienone is 1. The second-order valence-corrected chi connectivity index (χ2v) is 10.6. The SMILES string of the molecule is CC.CC(=O)N1c2ccccc2NC2=C(C(=O)CC(C)(C)C2)C1c1ccc(OCc2ccccc2)cc1Cl. The summed E-state index contributed by atoms with van der Waals surface area (Å²) in [6.07, 6.45) is 1.10. The molecule has 0 saturated carbocycles. The van der Waals surface area contributed by atoms with E-state index in [1.165, 1.54) is 6.92 Å². The first kappa shape index (κ1) is 27.5. The fourth-order valence-corrected chi connectivity index (χ4v) is 5.46. The number of ketones is 1. The van der Waals surface area contributed by atoms with Gasteiger partial charge in [-0.3, -0.25) is 14.5 Å². The monoisotopic (exact) mass is 530 g/mol. The van der Waals surface area contributed by atoms with Gasteiger partial charge in [-0.1, -0.05) is 87.8 Å². The van der Waals surface area contributed by atoms with Gasteiger partial charge >= 0.3 is 0 Å². The third-order valence-electron chi connectivity index (χ3n) is 6.75. The van der Waals surface area contributed by atoms with Crippen molar-refractivity contribution in [1.29, 1.82) is 0 Å². The second kappa shape index (κ2) is 11.4. The first-order chi connectivity index (χ1) is 18.2. The zero-order chi connectivity index (χ0) is 27.4. The van der Waals surface area contributed by atoms with E-state index in [2.05, 4.69) is 19.2 Å². The molecule has 3 aromatic rings. The van der Waals surface area contributed by atoms with Crippen LogP contribution >= 0.6 is 11.6 Å². The quantitative estimate of drug-likeness (QED) is 0.370. The lowest BCUT2D eigenvalue weighted by Gasteiger charge is -2.37. The smallest absolute Gasteiger partial charge is 0.224 e. The number of halogens is 1. The molecule has 3 aromatic carbocycles. The van der Waals surface area contributed by atoms with Gasteiger partial charge in [-0.05, 0) is 47.2 Å². The van der Waals surface area contributed by atoms with Gasteiger partial charge in [-0.15, -0.1) is 0 Å². The van der Waals surface area contributed by atoms with Crippen LogP contribution in [0, 0.1) is 5.41 Å². The first-order valence-corrected chi connectivity index (χ1v) is 13.5. The number of para-hydroxylation sites is 2. The van der Waals surface area contributed by atoms with E-state index >= 15 is 0 Å². The van der Waals surface area contributed by atoms with E-state index in [0.29, 0.717) is 41.4 Å². The first-order valence-electron chi connectivity index (χ1n) is 13.1. The van der Waals surface area contributed by atoms with E-state index in [0.717, 1.165) is 22.6 Å². The van der Waals surface area contributed by atoms with E-state index in [4.69, 9.17) is 16.3 Å². The average molecular weight is 531 g/mol. The molecule has 1 amide bonds. The molecule has 198 valence electrons. The van der Waals surface area contributed by atoms with Gasteiger partial charge in [0.2, 0.25) is 5.91 Å². The Morgan fingerprint density at radius 3 is 2.39 bits per heavy atom. The summed E-state index contributed by atoms with van der Waals surface area (Å²) in [7, 11) is 0.